The predicted molar refractivity (Wildman–Crippen MR) is 105 cm³/mol. The Kier molecular flexibility index (Phi) is 6.05. The Balaban J connectivity index is 1.77. The van der Waals surface area contributed by atoms with Crippen LogP contribution >= 0.6 is 0 Å². The Hall–Kier alpha value is -3.70. The lowest BCUT2D eigenvalue weighted by Gasteiger charge is -2.30. The van der Waals surface area contributed by atoms with E-state index >= 15 is 0 Å². The van der Waals surface area contributed by atoms with Gasteiger partial charge in [-0.05, 0) is 48.6 Å². The summed E-state index contributed by atoms with van der Waals surface area (Å²) in [6.45, 7) is 2.73. The van der Waals surface area contributed by atoms with Gasteiger partial charge in [0.15, 0.2) is 0 Å². The highest BCUT2D eigenvalue weighted by atomic mass is 19.4. The largest absolute Gasteiger partial charge is 0.448 e. The van der Waals surface area contributed by atoms with Gasteiger partial charge in [-0.15, -0.1) is 0 Å². The van der Waals surface area contributed by atoms with Crippen molar-refractivity contribution in [3.63, 3.8) is 0 Å². The van der Waals surface area contributed by atoms with Crippen LogP contribution in [0.4, 0.5) is 42.5 Å². The third-order valence-electron chi connectivity index (χ3n) is 4.34. The first kappa shape index (κ1) is 24.0. The first-order chi connectivity index (χ1) is 15.1. The molecule has 33 heavy (non-hydrogen) atoms. The van der Waals surface area contributed by atoms with Crippen molar-refractivity contribution in [3.05, 3.63) is 59.2 Å². The number of carbonyl (C=O) groups is 2. The van der Waals surface area contributed by atoms with Crippen molar-refractivity contribution in [3.8, 4) is 5.75 Å². The molecule has 12 heteroatoms. The lowest BCUT2D eigenvalue weighted by atomic mass is 10.1. The monoisotopic (exact) mass is 474 g/mol. The summed E-state index contributed by atoms with van der Waals surface area (Å²) < 4.78 is 88.5. The van der Waals surface area contributed by atoms with Crippen molar-refractivity contribution in [2.24, 2.45) is 0 Å². The molecule has 2 amide bonds. The predicted octanol–water partition coefficient (Wildman–Crippen LogP) is 6.05. The molecule has 1 atom stereocenters. The van der Waals surface area contributed by atoms with E-state index in [1.165, 1.54) is 38.1 Å². The van der Waals surface area contributed by atoms with Crippen molar-refractivity contribution in [1.82, 2.24) is 0 Å². The van der Waals surface area contributed by atoms with E-state index in [1.807, 2.05) is 5.32 Å². The maximum atomic E-state index is 13.0. The minimum absolute atomic E-state index is 0.0392. The minimum atomic E-state index is -5.04. The molecule has 0 aromatic heterocycles. The van der Waals surface area contributed by atoms with Gasteiger partial charge in [0.1, 0.15) is 5.75 Å². The summed E-state index contributed by atoms with van der Waals surface area (Å²) in [7, 11) is 0. The van der Waals surface area contributed by atoms with E-state index in [9.17, 15) is 35.9 Å². The molecule has 0 aliphatic carbocycles. The summed E-state index contributed by atoms with van der Waals surface area (Å²) in [6, 6.07) is 3.98. The van der Waals surface area contributed by atoms with Crippen molar-refractivity contribution < 1.29 is 45.4 Å². The van der Waals surface area contributed by atoms with Gasteiger partial charge in [-0.3, -0.25) is 4.79 Å². The van der Waals surface area contributed by atoms with Crippen LogP contribution in [0.2, 0.25) is 0 Å². The number of benzene rings is 2. The van der Waals surface area contributed by atoms with Crippen LogP contribution in [-0.4, -0.2) is 17.8 Å². The maximum Gasteiger partial charge on any atom is 0.416 e. The molecule has 0 fully saturated rings. The van der Waals surface area contributed by atoms with E-state index in [0.717, 1.165) is 0 Å². The number of anilines is 2. The molecule has 0 radical (unpaired) electrons. The van der Waals surface area contributed by atoms with E-state index in [0.29, 0.717) is 23.4 Å². The first-order valence-electron chi connectivity index (χ1n) is 9.24. The number of amides is 2. The molecule has 3 rings (SSSR count). The molecule has 2 N–H and O–H groups in total. The van der Waals surface area contributed by atoms with Gasteiger partial charge in [-0.25, -0.2) is 4.79 Å². The van der Waals surface area contributed by atoms with Crippen molar-refractivity contribution >= 4 is 29.5 Å². The van der Waals surface area contributed by atoms with Crippen LogP contribution in [-0.2, 0) is 21.9 Å². The molecule has 0 spiro atoms. The highest BCUT2D eigenvalue weighted by Crippen LogP contribution is 2.38. The summed E-state index contributed by atoms with van der Waals surface area (Å²) in [4.78, 5) is 23.4. The number of hydrogen-bond acceptors (Lipinski definition) is 4. The van der Waals surface area contributed by atoms with Gasteiger partial charge in [-0.2, -0.15) is 26.3 Å². The van der Waals surface area contributed by atoms with Gasteiger partial charge in [0.2, 0.25) is 0 Å². The molecule has 1 heterocycles. The molecule has 6 nitrogen and oxygen atoms in total. The minimum Gasteiger partial charge on any atom is -0.448 e. The lowest BCUT2D eigenvalue weighted by Crippen LogP contribution is -2.36. The maximum absolute atomic E-state index is 13.0. The molecule has 176 valence electrons. The van der Waals surface area contributed by atoms with Crippen LogP contribution in [0, 0.1) is 0 Å². The molecule has 1 aliphatic rings. The SMILES string of the molecule is CC(=O)OC1(C)C=Cc2cc(NC(=O)Nc3cc(C(F)(F)F)cc(C(F)(F)F)c3)ccc2O1. The average Bonchev–Trinajstić information content (AvgIpc) is 2.65. The second-order valence-corrected chi connectivity index (χ2v) is 7.17. The highest BCUT2D eigenvalue weighted by molar-refractivity contribution is 6.00. The first-order valence-corrected chi connectivity index (χ1v) is 9.24. The number of ether oxygens (including phenoxy) is 2. The Labute approximate surface area is 183 Å². The quantitative estimate of drug-likeness (QED) is 0.419. The number of hydrogen-bond donors (Lipinski definition) is 2. The van der Waals surface area contributed by atoms with Crippen molar-refractivity contribution in [2.45, 2.75) is 32.0 Å². The number of urea groups is 1. The summed E-state index contributed by atoms with van der Waals surface area (Å²) in [5.74, 6) is -1.58. The third kappa shape index (κ3) is 5.96. The van der Waals surface area contributed by atoms with Crippen molar-refractivity contribution in [1.29, 1.82) is 0 Å². The van der Waals surface area contributed by atoms with E-state index < -0.39 is 47.0 Å². The number of alkyl halides is 6. The highest BCUT2D eigenvalue weighted by Gasteiger charge is 2.37. The topological polar surface area (TPSA) is 76.7 Å². The van der Waals surface area contributed by atoms with Crippen molar-refractivity contribution in [2.75, 3.05) is 10.6 Å². The van der Waals surface area contributed by atoms with E-state index in [4.69, 9.17) is 9.47 Å². The molecule has 0 saturated carbocycles. The summed E-state index contributed by atoms with van der Waals surface area (Å²) in [5.41, 5.74) is -3.14. The fourth-order valence-electron chi connectivity index (χ4n) is 3.00. The Morgan fingerprint density at radius 2 is 1.48 bits per heavy atom. The normalized spacial score (nSPS) is 17.6. The molecule has 1 aliphatic heterocycles. The number of esters is 1. The van der Waals surface area contributed by atoms with Gasteiger partial charge in [-0.1, -0.05) is 0 Å². The second kappa shape index (κ2) is 8.34. The van der Waals surface area contributed by atoms with Crippen LogP contribution in [0.25, 0.3) is 6.08 Å². The van der Waals surface area contributed by atoms with E-state index in [2.05, 4.69) is 5.32 Å². The smallest absolute Gasteiger partial charge is 0.416 e. The molecule has 0 bridgehead atoms. The van der Waals surface area contributed by atoms with Gasteiger partial charge < -0.3 is 20.1 Å². The molecule has 2 aromatic rings. The molecular formula is C21H16F6N2O4. The molecular weight excluding hydrogens is 458 g/mol. The second-order valence-electron chi connectivity index (χ2n) is 7.17. The fourth-order valence-corrected chi connectivity index (χ4v) is 3.00. The van der Waals surface area contributed by atoms with Gasteiger partial charge in [0.25, 0.3) is 5.79 Å². The standard InChI is InChI=1S/C21H16F6N2O4/c1-11(30)32-19(2)6-5-12-7-15(3-4-17(12)33-19)28-18(31)29-16-9-13(20(22,23)24)8-14(10-16)21(25,26)27/h3-10H,1-2H3,(H2,28,29,31). The Bertz CT molecular complexity index is 1090. The molecule has 1 unspecified atom stereocenters. The van der Waals surface area contributed by atoms with Gasteiger partial charge in [0, 0.05) is 30.8 Å². The molecule has 0 saturated heterocycles. The Morgan fingerprint density at radius 1 is 0.909 bits per heavy atom. The van der Waals surface area contributed by atoms with Crippen LogP contribution in [0.3, 0.4) is 0 Å². The van der Waals surface area contributed by atoms with Crippen LogP contribution < -0.4 is 15.4 Å². The van der Waals surface area contributed by atoms with Crippen LogP contribution in [0.1, 0.15) is 30.5 Å². The Morgan fingerprint density at radius 3 is 2.03 bits per heavy atom. The van der Waals surface area contributed by atoms with Gasteiger partial charge in [0.05, 0.1) is 11.1 Å². The summed E-state index contributed by atoms with van der Waals surface area (Å²) in [6.07, 6.45) is -7.06. The molecule has 2 aromatic carbocycles. The van der Waals surface area contributed by atoms with E-state index in [1.54, 1.807) is 6.08 Å². The zero-order valence-corrected chi connectivity index (χ0v) is 17.0. The number of carbonyl (C=O) groups excluding carboxylic acids is 2. The zero-order valence-electron chi connectivity index (χ0n) is 17.0. The third-order valence-corrected chi connectivity index (χ3v) is 4.34. The van der Waals surface area contributed by atoms with Gasteiger partial charge >= 0.3 is 24.4 Å². The number of fused-ring (bicyclic) bond motifs is 1. The summed E-state index contributed by atoms with van der Waals surface area (Å²) >= 11 is 0. The lowest BCUT2D eigenvalue weighted by molar-refractivity contribution is -0.175. The zero-order chi connectivity index (χ0) is 24.6. The van der Waals surface area contributed by atoms with Crippen LogP contribution in [0.15, 0.2) is 42.5 Å². The fraction of sp³-hybridized carbons (Fsp3) is 0.238. The number of rotatable bonds is 3. The summed E-state index contributed by atoms with van der Waals surface area (Å²) in [5, 5.41) is 4.30. The van der Waals surface area contributed by atoms with Crippen LogP contribution in [0.5, 0.6) is 5.75 Å². The number of nitrogens with one attached hydrogen (secondary N) is 2. The van der Waals surface area contributed by atoms with E-state index in [-0.39, 0.29) is 11.8 Å². The average molecular weight is 474 g/mol. The number of halogens is 6.